The Balaban J connectivity index is 1.77. The summed E-state index contributed by atoms with van der Waals surface area (Å²) in [5, 5.41) is 20.2. The monoisotopic (exact) mass is 470 g/mol. The molecule has 164 valence electrons. The van der Waals surface area contributed by atoms with Crippen LogP contribution in [-0.2, 0) is 24.0 Å². The quantitative estimate of drug-likeness (QED) is 0.141. The first-order valence-electron chi connectivity index (χ1n) is 8.42. The number of β-lactam (4-membered cyclic amide) rings is 1. The van der Waals surface area contributed by atoms with Gasteiger partial charge in [0.25, 0.3) is 5.91 Å². The predicted octanol–water partition coefficient (Wildman–Crippen LogP) is -1.14. The molecule has 1 fully saturated rings. The maximum absolute atomic E-state index is 12.8. The van der Waals surface area contributed by atoms with Gasteiger partial charge in [-0.25, -0.2) is 14.5 Å². The van der Waals surface area contributed by atoms with Crippen molar-refractivity contribution < 1.29 is 28.8 Å². The van der Waals surface area contributed by atoms with Crippen molar-refractivity contribution in [1.82, 2.24) is 30.6 Å². The molecule has 0 aromatic carbocycles. The third-order valence-corrected chi connectivity index (χ3v) is 4.92. The molecular weight excluding hydrogens is 456 g/mol. The summed E-state index contributed by atoms with van der Waals surface area (Å²) in [4.78, 5) is 56.8. The third-order valence-electron chi connectivity index (χ3n) is 3.92. The van der Waals surface area contributed by atoms with Crippen molar-refractivity contribution in [1.29, 1.82) is 0 Å². The number of nitrogens with zero attached hydrogens (tertiary/aromatic N) is 5. The highest BCUT2D eigenvalue weighted by Gasteiger charge is 2.44. The summed E-state index contributed by atoms with van der Waals surface area (Å²) in [6.07, 6.45) is 0.282. The molecule has 31 heavy (non-hydrogen) atoms. The van der Waals surface area contributed by atoms with E-state index < -0.39 is 35.9 Å². The van der Waals surface area contributed by atoms with Crippen molar-refractivity contribution in [2.45, 2.75) is 12.2 Å². The molecule has 2 aromatic heterocycles. The standard InChI is InChI=1S/C15H15ClN8O6S/c1-29-14(28)7-4-17-23-24(7)11-10(13(27)21-11)20-12(26)9(22-30-2)6-5-31-15(18-6)19-8(25)3-16/h4-5,10-11H,3H2,1-2H3,(H,20,26)(H,21,27)(H,18,19,25)/t10-,11+/m0/s1. The number of hydrogen-bond acceptors (Lipinski definition) is 11. The second-order valence-corrected chi connectivity index (χ2v) is 6.93. The lowest BCUT2D eigenvalue weighted by atomic mass is 10.1. The highest BCUT2D eigenvalue weighted by molar-refractivity contribution is 7.14. The van der Waals surface area contributed by atoms with Crippen molar-refractivity contribution in [2.24, 2.45) is 5.16 Å². The fourth-order valence-corrected chi connectivity index (χ4v) is 3.29. The van der Waals surface area contributed by atoms with Crippen LogP contribution in [0.4, 0.5) is 5.13 Å². The van der Waals surface area contributed by atoms with Gasteiger partial charge in [-0.05, 0) is 0 Å². The maximum Gasteiger partial charge on any atom is 0.358 e. The van der Waals surface area contributed by atoms with Gasteiger partial charge in [0.15, 0.2) is 22.7 Å². The minimum absolute atomic E-state index is 0.0169. The van der Waals surface area contributed by atoms with Gasteiger partial charge in [0.1, 0.15) is 24.7 Å². The number of aromatic nitrogens is 4. The average Bonchev–Trinajstić information content (AvgIpc) is 3.42. The zero-order valence-electron chi connectivity index (χ0n) is 16.0. The minimum Gasteiger partial charge on any atom is -0.464 e. The van der Waals surface area contributed by atoms with Crippen LogP contribution in [0.2, 0.25) is 0 Å². The average molecular weight is 471 g/mol. The van der Waals surface area contributed by atoms with Crippen LogP contribution in [0.3, 0.4) is 0 Å². The number of methoxy groups -OCH3 is 1. The molecule has 1 saturated heterocycles. The Labute approximate surface area is 182 Å². The van der Waals surface area contributed by atoms with E-state index in [0.717, 1.165) is 16.0 Å². The largest absolute Gasteiger partial charge is 0.464 e. The first kappa shape index (κ1) is 22.1. The van der Waals surface area contributed by atoms with Crippen LogP contribution in [0, 0.1) is 0 Å². The molecule has 0 saturated carbocycles. The number of oxime groups is 1. The van der Waals surface area contributed by atoms with Crippen molar-refractivity contribution >= 4 is 57.5 Å². The predicted molar refractivity (Wildman–Crippen MR) is 105 cm³/mol. The number of thiazole rings is 1. The fourth-order valence-electron chi connectivity index (χ4n) is 2.51. The highest BCUT2D eigenvalue weighted by Crippen LogP contribution is 2.21. The van der Waals surface area contributed by atoms with Crippen molar-refractivity contribution in [2.75, 3.05) is 25.4 Å². The number of amides is 3. The second kappa shape index (κ2) is 9.48. The van der Waals surface area contributed by atoms with Gasteiger partial charge >= 0.3 is 5.97 Å². The first-order valence-corrected chi connectivity index (χ1v) is 9.83. The van der Waals surface area contributed by atoms with E-state index in [9.17, 15) is 19.2 Å². The SMILES string of the molecule is CON=C(C(=O)N[C@@H]1C(=O)N[C@@H]1n1nncc1C(=O)OC)c1csc(NC(=O)CCl)n1. The lowest BCUT2D eigenvalue weighted by Gasteiger charge is -2.36. The van der Waals surface area contributed by atoms with Gasteiger partial charge in [0.2, 0.25) is 11.8 Å². The van der Waals surface area contributed by atoms with E-state index >= 15 is 0 Å². The van der Waals surface area contributed by atoms with Gasteiger partial charge in [-0.3, -0.25) is 14.4 Å². The number of hydrogen-bond donors (Lipinski definition) is 3. The summed E-state index contributed by atoms with van der Waals surface area (Å²) in [6.45, 7) is 0. The lowest BCUT2D eigenvalue weighted by molar-refractivity contribution is -0.137. The molecule has 2 aromatic rings. The van der Waals surface area contributed by atoms with Crippen molar-refractivity contribution in [3.05, 3.63) is 23.0 Å². The van der Waals surface area contributed by atoms with E-state index in [1.54, 1.807) is 0 Å². The molecule has 1 aliphatic heterocycles. The normalized spacial score (nSPS) is 17.9. The van der Waals surface area contributed by atoms with E-state index in [1.165, 1.54) is 25.8 Å². The highest BCUT2D eigenvalue weighted by atomic mass is 35.5. The number of carbonyl (C=O) groups excluding carboxylic acids is 4. The Morgan fingerprint density at radius 2 is 2.16 bits per heavy atom. The van der Waals surface area contributed by atoms with E-state index in [1.807, 2.05) is 0 Å². The molecule has 0 aliphatic carbocycles. The van der Waals surface area contributed by atoms with Crippen LogP contribution in [0.5, 0.6) is 0 Å². The van der Waals surface area contributed by atoms with E-state index in [-0.39, 0.29) is 28.1 Å². The van der Waals surface area contributed by atoms with Gasteiger partial charge in [0.05, 0.1) is 13.3 Å². The summed E-state index contributed by atoms with van der Waals surface area (Å²) in [6, 6.07) is -1.09. The molecule has 0 radical (unpaired) electrons. The number of rotatable bonds is 8. The number of carbonyl (C=O) groups is 4. The molecular formula is C15H15ClN8O6S. The molecule has 3 heterocycles. The molecule has 3 rings (SSSR count). The van der Waals surface area contributed by atoms with Crippen molar-refractivity contribution in [3.63, 3.8) is 0 Å². The number of nitrogens with one attached hydrogen (secondary N) is 3. The summed E-state index contributed by atoms with van der Waals surface area (Å²) >= 11 is 6.48. The van der Waals surface area contributed by atoms with Crippen LogP contribution in [0.15, 0.2) is 16.7 Å². The topological polar surface area (TPSA) is 179 Å². The Hall–Kier alpha value is -3.59. The molecule has 16 heteroatoms. The number of esters is 1. The number of ether oxygens (including phenoxy) is 1. The molecule has 3 amide bonds. The van der Waals surface area contributed by atoms with Gasteiger partial charge in [-0.1, -0.05) is 10.4 Å². The molecule has 14 nitrogen and oxygen atoms in total. The van der Waals surface area contributed by atoms with E-state index in [0.29, 0.717) is 0 Å². The zero-order chi connectivity index (χ0) is 22.5. The van der Waals surface area contributed by atoms with E-state index in [4.69, 9.17) is 16.4 Å². The van der Waals surface area contributed by atoms with Crippen LogP contribution < -0.4 is 16.0 Å². The maximum atomic E-state index is 12.8. The number of alkyl halides is 1. The Morgan fingerprint density at radius 3 is 2.81 bits per heavy atom. The number of halogens is 1. The molecule has 2 atom stereocenters. The third kappa shape index (κ3) is 4.61. The Kier molecular flexibility index (Phi) is 6.76. The number of anilines is 1. The van der Waals surface area contributed by atoms with Gasteiger partial charge in [-0.2, -0.15) is 0 Å². The van der Waals surface area contributed by atoms with Gasteiger partial charge in [0, 0.05) is 5.38 Å². The first-order chi connectivity index (χ1) is 14.9. The van der Waals surface area contributed by atoms with Crippen LogP contribution in [-0.4, -0.2) is 75.5 Å². The molecule has 0 spiro atoms. The van der Waals surface area contributed by atoms with Crippen molar-refractivity contribution in [3.8, 4) is 0 Å². The Morgan fingerprint density at radius 1 is 1.39 bits per heavy atom. The summed E-state index contributed by atoms with van der Waals surface area (Å²) < 4.78 is 5.76. The molecule has 0 unspecified atom stereocenters. The van der Waals surface area contributed by atoms with E-state index in [2.05, 4.69) is 41.1 Å². The van der Waals surface area contributed by atoms with Gasteiger partial charge < -0.3 is 25.5 Å². The summed E-state index contributed by atoms with van der Waals surface area (Å²) in [7, 11) is 2.41. The smallest absolute Gasteiger partial charge is 0.358 e. The summed E-state index contributed by atoms with van der Waals surface area (Å²) in [5.41, 5.74) is -0.159. The molecule has 1 aliphatic rings. The lowest BCUT2D eigenvalue weighted by Crippen LogP contribution is -2.66. The Bertz CT molecular complexity index is 1050. The van der Waals surface area contributed by atoms with Gasteiger partial charge in [-0.15, -0.1) is 28.0 Å². The van der Waals surface area contributed by atoms with Crippen LogP contribution in [0.1, 0.15) is 22.3 Å². The van der Waals surface area contributed by atoms with Crippen LogP contribution >= 0.6 is 22.9 Å². The molecule has 3 N–H and O–H groups in total. The zero-order valence-corrected chi connectivity index (χ0v) is 17.6. The second-order valence-electron chi connectivity index (χ2n) is 5.80. The molecule has 0 bridgehead atoms. The van der Waals surface area contributed by atoms with Crippen LogP contribution in [0.25, 0.3) is 0 Å². The summed E-state index contributed by atoms with van der Waals surface area (Å²) in [5.74, 6) is -2.75. The minimum atomic E-state index is -1.09. The fraction of sp³-hybridized carbons (Fsp3) is 0.333.